The van der Waals surface area contributed by atoms with E-state index in [1.54, 1.807) is 0 Å². The predicted octanol–water partition coefficient (Wildman–Crippen LogP) is 2.87. The van der Waals surface area contributed by atoms with Crippen LogP contribution in [0, 0.1) is 10.1 Å². The molecule has 0 fully saturated rings. The Bertz CT molecular complexity index is 650. The summed E-state index contributed by atoms with van der Waals surface area (Å²) in [5, 5.41) is 29.0. The zero-order chi connectivity index (χ0) is 12.7. The summed E-state index contributed by atoms with van der Waals surface area (Å²) < 4.78 is 0.0531. The number of phenolic OH excluding ortho intramolecular Hbond substituents is 1. The SMILES string of the molecule is O=C(O)c1sc2c([N+](=O)[O-])ccc(O)c2c1Cl. The molecule has 0 radical (unpaired) electrons. The number of carbonyl (C=O) groups is 1. The number of hydrogen-bond donors (Lipinski definition) is 2. The van der Waals surface area contributed by atoms with Crippen molar-refractivity contribution >= 4 is 44.7 Å². The number of non-ortho nitro benzene ring substituents is 1. The van der Waals surface area contributed by atoms with E-state index in [0.29, 0.717) is 11.3 Å². The first-order chi connectivity index (χ1) is 7.93. The van der Waals surface area contributed by atoms with Crippen molar-refractivity contribution in [2.75, 3.05) is 0 Å². The number of nitro benzene ring substituents is 1. The molecule has 0 saturated carbocycles. The molecule has 0 amide bonds. The molecule has 6 nitrogen and oxygen atoms in total. The van der Waals surface area contributed by atoms with Gasteiger partial charge in [-0.05, 0) is 6.07 Å². The Morgan fingerprint density at radius 1 is 1.47 bits per heavy atom. The summed E-state index contributed by atoms with van der Waals surface area (Å²) in [5.41, 5.74) is -0.280. The fourth-order valence-corrected chi connectivity index (χ4v) is 2.90. The molecular formula is C9H4ClNO5S. The predicted molar refractivity (Wildman–Crippen MR) is 62.1 cm³/mol. The van der Waals surface area contributed by atoms with Gasteiger partial charge in [-0.2, -0.15) is 0 Å². The number of thiophene rings is 1. The molecule has 8 heteroatoms. The Morgan fingerprint density at radius 2 is 2.12 bits per heavy atom. The van der Waals surface area contributed by atoms with Crippen LogP contribution in [0.25, 0.3) is 10.1 Å². The van der Waals surface area contributed by atoms with Crippen LogP contribution in [0.1, 0.15) is 9.67 Å². The second kappa shape index (κ2) is 3.86. The number of carboxylic acid groups (broad SMARTS) is 1. The fourth-order valence-electron chi connectivity index (χ4n) is 1.42. The highest BCUT2D eigenvalue weighted by Crippen LogP contribution is 2.44. The van der Waals surface area contributed by atoms with Crippen molar-refractivity contribution in [2.24, 2.45) is 0 Å². The lowest BCUT2D eigenvalue weighted by molar-refractivity contribution is -0.382. The van der Waals surface area contributed by atoms with E-state index in [9.17, 15) is 20.0 Å². The molecule has 0 atom stereocenters. The van der Waals surface area contributed by atoms with Gasteiger partial charge in [-0.15, -0.1) is 11.3 Å². The number of nitrogens with zero attached hydrogens (tertiary/aromatic N) is 1. The third-order valence-electron chi connectivity index (χ3n) is 2.13. The maximum atomic E-state index is 10.9. The Morgan fingerprint density at radius 3 is 2.65 bits per heavy atom. The van der Waals surface area contributed by atoms with Crippen LogP contribution in [0.3, 0.4) is 0 Å². The third kappa shape index (κ3) is 1.69. The van der Waals surface area contributed by atoms with Gasteiger partial charge >= 0.3 is 5.97 Å². The van der Waals surface area contributed by atoms with Gasteiger partial charge in [0.05, 0.1) is 15.3 Å². The molecule has 2 rings (SSSR count). The molecule has 0 spiro atoms. The lowest BCUT2D eigenvalue weighted by atomic mass is 10.2. The van der Waals surface area contributed by atoms with Crippen LogP contribution in [0.4, 0.5) is 5.69 Å². The van der Waals surface area contributed by atoms with Crippen LogP contribution in [0.5, 0.6) is 5.75 Å². The first kappa shape index (κ1) is 11.6. The number of nitro groups is 1. The van der Waals surface area contributed by atoms with Gasteiger partial charge in [-0.1, -0.05) is 11.6 Å². The molecule has 0 unspecified atom stereocenters. The third-order valence-corrected chi connectivity index (χ3v) is 3.82. The first-order valence-corrected chi connectivity index (χ1v) is 5.44. The van der Waals surface area contributed by atoms with Gasteiger partial charge in [-0.3, -0.25) is 10.1 Å². The molecule has 88 valence electrons. The van der Waals surface area contributed by atoms with E-state index in [1.165, 1.54) is 0 Å². The number of aromatic carboxylic acids is 1. The molecule has 0 bridgehead atoms. The summed E-state index contributed by atoms with van der Waals surface area (Å²) in [6.45, 7) is 0. The van der Waals surface area contributed by atoms with Gasteiger partial charge in [0.1, 0.15) is 15.3 Å². The Labute approximate surface area is 103 Å². The molecular weight excluding hydrogens is 270 g/mol. The highest BCUT2D eigenvalue weighted by Gasteiger charge is 2.24. The summed E-state index contributed by atoms with van der Waals surface area (Å²) >= 11 is 6.45. The van der Waals surface area contributed by atoms with E-state index in [1.807, 2.05) is 0 Å². The average Bonchev–Trinajstić information content (AvgIpc) is 2.57. The number of rotatable bonds is 2. The number of hydrogen-bond acceptors (Lipinski definition) is 5. The molecule has 2 N–H and O–H groups in total. The Kier molecular flexibility index (Phi) is 2.64. The van der Waals surface area contributed by atoms with E-state index in [0.717, 1.165) is 12.1 Å². The highest BCUT2D eigenvalue weighted by atomic mass is 35.5. The molecule has 1 heterocycles. The highest BCUT2D eigenvalue weighted by molar-refractivity contribution is 7.22. The van der Waals surface area contributed by atoms with E-state index in [2.05, 4.69) is 0 Å². The molecule has 0 aliphatic heterocycles. The topological polar surface area (TPSA) is 101 Å². The monoisotopic (exact) mass is 273 g/mol. The standard InChI is InChI=1S/C9H4ClNO5S/c10-6-5-4(12)2-1-3(11(15)16)7(5)17-8(6)9(13)14/h1-2,12H,(H,13,14). The van der Waals surface area contributed by atoms with E-state index in [-0.39, 0.29) is 31.4 Å². The summed E-state index contributed by atoms with van der Waals surface area (Å²) in [6, 6.07) is 2.22. The largest absolute Gasteiger partial charge is 0.507 e. The fraction of sp³-hybridized carbons (Fsp3) is 0. The van der Waals surface area contributed by atoms with Crippen LogP contribution in [-0.2, 0) is 0 Å². The summed E-state index contributed by atoms with van der Waals surface area (Å²) in [4.78, 5) is 20.7. The average molecular weight is 274 g/mol. The molecule has 1 aromatic heterocycles. The van der Waals surface area contributed by atoms with Crippen molar-refractivity contribution in [3.63, 3.8) is 0 Å². The van der Waals surface area contributed by atoms with Crippen molar-refractivity contribution in [2.45, 2.75) is 0 Å². The Hall–Kier alpha value is -1.86. The van der Waals surface area contributed by atoms with Gasteiger partial charge in [0.15, 0.2) is 0 Å². The van der Waals surface area contributed by atoms with Crippen LogP contribution in [0.2, 0.25) is 5.02 Å². The zero-order valence-electron chi connectivity index (χ0n) is 8.01. The summed E-state index contributed by atoms with van der Waals surface area (Å²) in [7, 11) is 0. The maximum Gasteiger partial charge on any atom is 0.347 e. The number of fused-ring (bicyclic) bond motifs is 1. The van der Waals surface area contributed by atoms with Crippen molar-refractivity contribution in [1.82, 2.24) is 0 Å². The Balaban J connectivity index is 2.93. The first-order valence-electron chi connectivity index (χ1n) is 4.25. The lowest BCUT2D eigenvalue weighted by Crippen LogP contribution is -1.91. The summed E-state index contributed by atoms with van der Waals surface area (Å²) in [5.74, 6) is -1.57. The number of halogens is 1. The molecule has 1 aromatic carbocycles. The van der Waals surface area contributed by atoms with Crippen molar-refractivity contribution < 1.29 is 19.9 Å². The molecule has 0 aliphatic carbocycles. The molecule has 0 saturated heterocycles. The molecule has 17 heavy (non-hydrogen) atoms. The van der Waals surface area contributed by atoms with Gasteiger partial charge in [0.2, 0.25) is 0 Å². The van der Waals surface area contributed by atoms with Gasteiger partial charge in [0, 0.05) is 6.07 Å². The zero-order valence-corrected chi connectivity index (χ0v) is 9.58. The van der Waals surface area contributed by atoms with Crippen molar-refractivity contribution in [1.29, 1.82) is 0 Å². The molecule has 0 aliphatic rings. The number of benzene rings is 1. The minimum atomic E-state index is -1.29. The number of carboxylic acids is 1. The van der Waals surface area contributed by atoms with E-state index >= 15 is 0 Å². The second-order valence-electron chi connectivity index (χ2n) is 3.12. The second-order valence-corrected chi connectivity index (χ2v) is 4.51. The van der Waals surface area contributed by atoms with Crippen molar-refractivity contribution in [3.05, 3.63) is 32.1 Å². The maximum absolute atomic E-state index is 10.9. The smallest absolute Gasteiger partial charge is 0.347 e. The van der Waals surface area contributed by atoms with Gasteiger partial charge in [0.25, 0.3) is 5.69 Å². The number of aromatic hydroxyl groups is 1. The van der Waals surface area contributed by atoms with E-state index < -0.39 is 10.9 Å². The van der Waals surface area contributed by atoms with Gasteiger partial charge in [-0.25, -0.2) is 4.79 Å². The minimum absolute atomic E-state index is 0.00302. The lowest BCUT2D eigenvalue weighted by Gasteiger charge is -1.96. The molecule has 2 aromatic rings. The number of phenols is 1. The quantitative estimate of drug-likeness (QED) is 0.647. The van der Waals surface area contributed by atoms with Gasteiger partial charge < -0.3 is 10.2 Å². The summed E-state index contributed by atoms with van der Waals surface area (Å²) in [6.07, 6.45) is 0. The van der Waals surface area contributed by atoms with Crippen LogP contribution in [-0.4, -0.2) is 21.1 Å². The minimum Gasteiger partial charge on any atom is -0.507 e. The van der Waals surface area contributed by atoms with Crippen LogP contribution < -0.4 is 0 Å². The van der Waals surface area contributed by atoms with E-state index in [4.69, 9.17) is 16.7 Å². The van der Waals surface area contributed by atoms with Crippen molar-refractivity contribution in [3.8, 4) is 5.75 Å². The van der Waals surface area contributed by atoms with Crippen LogP contribution >= 0.6 is 22.9 Å². The normalized spacial score (nSPS) is 10.6. The van der Waals surface area contributed by atoms with Crippen LogP contribution in [0.15, 0.2) is 12.1 Å².